The summed E-state index contributed by atoms with van der Waals surface area (Å²) in [5, 5.41) is 12.9. The number of hydrogen-bond donors (Lipinski definition) is 3. The van der Waals surface area contributed by atoms with Crippen LogP contribution in [0.15, 0.2) is 73.3 Å². The smallest absolute Gasteiger partial charge is 0.183 e. The first-order chi connectivity index (χ1) is 17.5. The van der Waals surface area contributed by atoms with Gasteiger partial charge in [0.05, 0.1) is 27.5 Å². The lowest BCUT2D eigenvalue weighted by molar-refractivity contribution is 0.0989. The second-order valence-electron chi connectivity index (χ2n) is 8.23. The predicted molar refractivity (Wildman–Crippen MR) is 141 cm³/mol. The Bertz CT molecular complexity index is 1740. The van der Waals surface area contributed by atoms with Crippen LogP contribution in [0.5, 0.6) is 0 Å². The zero-order valence-electron chi connectivity index (χ0n) is 18.6. The Balaban J connectivity index is 1.25. The molecule has 0 amide bonds. The van der Waals surface area contributed by atoms with Gasteiger partial charge in [0, 0.05) is 58.1 Å². The molecule has 0 saturated heterocycles. The molecule has 0 atom stereocenters. The lowest BCUT2D eigenvalue weighted by Crippen LogP contribution is -2.05. The van der Waals surface area contributed by atoms with Crippen molar-refractivity contribution in [2.24, 2.45) is 0 Å². The molecule has 0 radical (unpaired) electrons. The Labute approximate surface area is 214 Å². The van der Waals surface area contributed by atoms with E-state index in [2.05, 4.69) is 35.5 Å². The highest BCUT2D eigenvalue weighted by atomic mass is 35.5. The molecule has 4 heterocycles. The normalized spacial score (nSPS) is 11.3. The minimum absolute atomic E-state index is 0.0707. The summed E-state index contributed by atoms with van der Waals surface area (Å²) in [6.45, 7) is 0. The van der Waals surface area contributed by atoms with E-state index in [1.165, 1.54) is 12.4 Å². The highest BCUT2D eigenvalue weighted by molar-refractivity contribution is 6.36. The molecule has 36 heavy (non-hydrogen) atoms. The van der Waals surface area contributed by atoms with Gasteiger partial charge in [-0.1, -0.05) is 35.3 Å². The fourth-order valence-corrected chi connectivity index (χ4v) is 4.51. The first-order valence-corrected chi connectivity index (χ1v) is 11.8. The molecule has 10 heteroatoms. The molecular weight excluding hydrogens is 497 g/mol. The zero-order chi connectivity index (χ0) is 24.6. The van der Waals surface area contributed by atoms with Crippen molar-refractivity contribution < 1.29 is 4.79 Å². The third kappa shape index (κ3) is 4.28. The Morgan fingerprint density at radius 2 is 1.78 bits per heavy atom. The van der Waals surface area contributed by atoms with E-state index in [1.807, 2.05) is 48.5 Å². The lowest BCUT2D eigenvalue weighted by atomic mass is 10.1. The summed E-state index contributed by atoms with van der Waals surface area (Å²) in [7, 11) is 0. The number of ketones is 1. The molecule has 0 spiro atoms. The number of fused-ring (bicyclic) bond motifs is 2. The standard InChI is InChI=1S/C26H17Cl2N7O/c27-19-12-29-13-20(28)18(19)10-24(36)23-8-14-1-2-15(9-22(14)33-23)26-30-6-5-25(34-26)32-17-3-4-21-16(7-17)11-31-35-21/h1-9,11-13,33H,10H2,(H,31,35)(H,30,32,34). The van der Waals surface area contributed by atoms with E-state index in [0.717, 1.165) is 33.1 Å². The fraction of sp³-hybridized carbons (Fsp3) is 0.0385. The zero-order valence-corrected chi connectivity index (χ0v) is 20.1. The summed E-state index contributed by atoms with van der Waals surface area (Å²) in [6, 6.07) is 15.3. The van der Waals surface area contributed by atoms with Gasteiger partial charge < -0.3 is 10.3 Å². The van der Waals surface area contributed by atoms with E-state index in [4.69, 9.17) is 23.2 Å². The van der Waals surface area contributed by atoms with Gasteiger partial charge in [0.25, 0.3) is 0 Å². The monoisotopic (exact) mass is 513 g/mol. The lowest BCUT2D eigenvalue weighted by Gasteiger charge is -2.07. The highest BCUT2D eigenvalue weighted by Gasteiger charge is 2.16. The van der Waals surface area contributed by atoms with Gasteiger partial charge in [-0.25, -0.2) is 9.97 Å². The van der Waals surface area contributed by atoms with Crippen molar-refractivity contribution in [2.45, 2.75) is 6.42 Å². The van der Waals surface area contributed by atoms with E-state index in [0.29, 0.717) is 32.9 Å². The molecule has 0 unspecified atom stereocenters. The van der Waals surface area contributed by atoms with Gasteiger partial charge in [-0.05, 0) is 36.4 Å². The summed E-state index contributed by atoms with van der Waals surface area (Å²) in [5.74, 6) is 1.10. The van der Waals surface area contributed by atoms with Gasteiger partial charge in [-0.2, -0.15) is 5.10 Å². The van der Waals surface area contributed by atoms with Gasteiger partial charge in [0.1, 0.15) is 5.82 Å². The number of nitrogens with one attached hydrogen (secondary N) is 3. The summed E-state index contributed by atoms with van der Waals surface area (Å²) in [6.07, 6.45) is 6.51. The van der Waals surface area contributed by atoms with Gasteiger partial charge in [0.15, 0.2) is 11.6 Å². The summed E-state index contributed by atoms with van der Waals surface area (Å²) in [4.78, 5) is 29.2. The van der Waals surface area contributed by atoms with Crippen LogP contribution in [0.2, 0.25) is 10.0 Å². The number of benzene rings is 2. The van der Waals surface area contributed by atoms with Crippen LogP contribution in [0, 0.1) is 0 Å². The number of aromatic amines is 2. The molecule has 0 saturated carbocycles. The van der Waals surface area contributed by atoms with E-state index in [9.17, 15) is 4.79 Å². The minimum Gasteiger partial charge on any atom is -0.352 e. The number of rotatable bonds is 6. The number of pyridine rings is 1. The highest BCUT2D eigenvalue weighted by Crippen LogP contribution is 2.27. The maximum atomic E-state index is 12.9. The van der Waals surface area contributed by atoms with E-state index in [1.54, 1.807) is 12.4 Å². The number of carbonyl (C=O) groups is 1. The molecule has 0 fully saturated rings. The Morgan fingerprint density at radius 3 is 2.64 bits per heavy atom. The van der Waals surface area contributed by atoms with Crippen LogP contribution in [0.25, 0.3) is 33.2 Å². The van der Waals surface area contributed by atoms with Crippen LogP contribution in [-0.4, -0.2) is 35.9 Å². The van der Waals surface area contributed by atoms with E-state index < -0.39 is 0 Å². The predicted octanol–water partition coefficient (Wildman–Crippen LogP) is 6.37. The number of hydrogen-bond acceptors (Lipinski definition) is 6. The molecule has 0 bridgehead atoms. The van der Waals surface area contributed by atoms with E-state index >= 15 is 0 Å². The molecule has 3 N–H and O–H groups in total. The van der Waals surface area contributed by atoms with Crippen LogP contribution in [0.3, 0.4) is 0 Å². The van der Waals surface area contributed by atoms with Crippen molar-refractivity contribution in [3.8, 4) is 11.4 Å². The Morgan fingerprint density at radius 1 is 0.917 bits per heavy atom. The average Bonchev–Trinajstić information content (AvgIpc) is 3.52. The minimum atomic E-state index is -0.125. The van der Waals surface area contributed by atoms with Gasteiger partial charge in [0.2, 0.25) is 0 Å². The summed E-state index contributed by atoms with van der Waals surface area (Å²) in [5.41, 5.74) is 4.51. The van der Waals surface area contributed by atoms with Crippen molar-refractivity contribution in [3.63, 3.8) is 0 Å². The van der Waals surface area contributed by atoms with Gasteiger partial charge >= 0.3 is 0 Å². The van der Waals surface area contributed by atoms with Crippen molar-refractivity contribution in [3.05, 3.63) is 94.6 Å². The number of Topliss-reactive ketones (excluding diaryl/α,β-unsaturated/α-hetero) is 1. The summed E-state index contributed by atoms with van der Waals surface area (Å²) >= 11 is 12.4. The topological polar surface area (TPSA) is 112 Å². The molecule has 6 rings (SSSR count). The molecule has 0 aliphatic rings. The van der Waals surface area contributed by atoms with Crippen molar-refractivity contribution in [1.29, 1.82) is 0 Å². The van der Waals surface area contributed by atoms with Crippen LogP contribution >= 0.6 is 23.2 Å². The number of carbonyl (C=O) groups excluding carboxylic acids is 1. The number of nitrogens with zero attached hydrogens (tertiary/aromatic N) is 4. The molecule has 2 aromatic carbocycles. The number of anilines is 2. The number of halogens is 2. The van der Waals surface area contributed by atoms with Crippen molar-refractivity contribution >= 4 is 62.3 Å². The van der Waals surface area contributed by atoms with Crippen LogP contribution in [0.4, 0.5) is 11.5 Å². The average molecular weight is 514 g/mol. The third-order valence-corrected chi connectivity index (χ3v) is 6.49. The quantitative estimate of drug-likeness (QED) is 0.223. The van der Waals surface area contributed by atoms with Gasteiger partial charge in [-0.15, -0.1) is 0 Å². The number of H-pyrrole nitrogens is 2. The SMILES string of the molecule is O=C(Cc1c(Cl)cncc1Cl)c1cc2ccc(-c3nccc(Nc4ccc5[nH]ncc5c4)n3)cc2[nH]1. The van der Waals surface area contributed by atoms with Crippen LogP contribution < -0.4 is 5.32 Å². The fourth-order valence-electron chi connectivity index (χ4n) is 4.01. The molecule has 4 aromatic heterocycles. The maximum Gasteiger partial charge on any atom is 0.183 e. The summed E-state index contributed by atoms with van der Waals surface area (Å²) < 4.78 is 0. The third-order valence-electron chi connectivity index (χ3n) is 5.84. The second-order valence-corrected chi connectivity index (χ2v) is 9.04. The van der Waals surface area contributed by atoms with Crippen molar-refractivity contribution in [1.82, 2.24) is 30.1 Å². The van der Waals surface area contributed by atoms with Crippen LogP contribution in [0.1, 0.15) is 16.1 Å². The molecule has 8 nitrogen and oxygen atoms in total. The Kier molecular flexibility index (Phi) is 5.59. The molecule has 6 aromatic rings. The largest absolute Gasteiger partial charge is 0.352 e. The maximum absolute atomic E-state index is 12.9. The first-order valence-electron chi connectivity index (χ1n) is 11.0. The molecular formula is C26H17Cl2N7O. The van der Waals surface area contributed by atoms with Crippen LogP contribution in [-0.2, 0) is 6.42 Å². The molecule has 0 aliphatic carbocycles. The Hall–Kier alpha value is -4.27. The first kappa shape index (κ1) is 22.2. The van der Waals surface area contributed by atoms with Crippen molar-refractivity contribution in [2.75, 3.05) is 5.32 Å². The van der Waals surface area contributed by atoms with E-state index in [-0.39, 0.29) is 12.2 Å². The second kappa shape index (κ2) is 9.07. The molecule has 176 valence electrons. The van der Waals surface area contributed by atoms with Gasteiger partial charge in [-0.3, -0.25) is 14.9 Å². The molecule has 0 aliphatic heterocycles. The number of aromatic nitrogens is 6.